The van der Waals surface area contributed by atoms with E-state index in [9.17, 15) is 0 Å². The summed E-state index contributed by atoms with van der Waals surface area (Å²) in [7, 11) is 0. The van der Waals surface area contributed by atoms with E-state index < -0.39 is 5.60 Å². The second kappa shape index (κ2) is 4.47. The standard InChI is InChI=1S/C11H14Cl2N2O/c1-3-7-8(12)14-10(15-9(7)13)11(2)5-4-6-16-11/h3-6H2,1-2H3. The molecule has 0 radical (unpaired) electrons. The van der Waals surface area contributed by atoms with Crippen LogP contribution < -0.4 is 0 Å². The number of nitrogens with zero attached hydrogens (tertiary/aromatic N) is 2. The molecule has 2 rings (SSSR count). The summed E-state index contributed by atoms with van der Waals surface area (Å²) in [5.74, 6) is 0.595. The third-order valence-corrected chi connectivity index (χ3v) is 3.58. The van der Waals surface area contributed by atoms with E-state index in [0.29, 0.717) is 16.1 Å². The maximum Gasteiger partial charge on any atom is 0.163 e. The third kappa shape index (κ3) is 2.04. The van der Waals surface area contributed by atoms with Crippen LogP contribution in [0.5, 0.6) is 0 Å². The molecule has 1 aliphatic rings. The summed E-state index contributed by atoms with van der Waals surface area (Å²) in [5.41, 5.74) is 0.369. The zero-order chi connectivity index (χ0) is 11.8. The van der Waals surface area contributed by atoms with Gasteiger partial charge in [0.05, 0.1) is 0 Å². The Balaban J connectivity index is 2.43. The number of halogens is 2. The molecule has 0 saturated carbocycles. The van der Waals surface area contributed by atoms with E-state index in [1.165, 1.54) is 0 Å². The lowest BCUT2D eigenvalue weighted by Crippen LogP contribution is -2.24. The lowest BCUT2D eigenvalue weighted by atomic mass is 10.0. The molecule has 0 spiro atoms. The van der Waals surface area contributed by atoms with Gasteiger partial charge in [-0.25, -0.2) is 9.97 Å². The fraction of sp³-hybridized carbons (Fsp3) is 0.636. The zero-order valence-corrected chi connectivity index (χ0v) is 10.9. The Hall–Kier alpha value is -0.380. The van der Waals surface area contributed by atoms with E-state index >= 15 is 0 Å². The molecule has 1 aromatic rings. The second-order valence-corrected chi connectivity index (χ2v) is 4.86. The van der Waals surface area contributed by atoms with Crippen molar-refractivity contribution in [2.45, 2.75) is 38.7 Å². The molecule has 1 saturated heterocycles. The van der Waals surface area contributed by atoms with Gasteiger partial charge in [-0.15, -0.1) is 0 Å². The van der Waals surface area contributed by atoms with Crippen molar-refractivity contribution in [2.24, 2.45) is 0 Å². The third-order valence-electron chi connectivity index (χ3n) is 2.95. The number of ether oxygens (including phenoxy) is 1. The molecule has 0 aliphatic carbocycles. The second-order valence-electron chi connectivity index (χ2n) is 4.14. The normalized spacial score (nSPS) is 25.0. The van der Waals surface area contributed by atoms with Crippen molar-refractivity contribution in [1.29, 1.82) is 0 Å². The first-order valence-electron chi connectivity index (χ1n) is 5.43. The average molecular weight is 261 g/mol. The minimum Gasteiger partial charge on any atom is -0.367 e. The highest BCUT2D eigenvalue weighted by molar-refractivity contribution is 6.34. The molecule has 1 unspecified atom stereocenters. The molecular weight excluding hydrogens is 247 g/mol. The van der Waals surface area contributed by atoms with Crippen LogP contribution in [0.2, 0.25) is 10.3 Å². The molecule has 0 N–H and O–H groups in total. The molecular formula is C11H14Cl2N2O. The van der Waals surface area contributed by atoms with Gasteiger partial charge in [0.1, 0.15) is 15.9 Å². The predicted molar refractivity (Wildman–Crippen MR) is 64.0 cm³/mol. The Morgan fingerprint density at radius 3 is 2.38 bits per heavy atom. The summed E-state index contributed by atoms with van der Waals surface area (Å²) in [4.78, 5) is 8.61. The minimum atomic E-state index is -0.431. The summed E-state index contributed by atoms with van der Waals surface area (Å²) in [6.45, 7) is 4.70. The SMILES string of the molecule is CCc1c(Cl)nc(C2(C)CCCO2)nc1Cl. The number of hydrogen-bond donors (Lipinski definition) is 0. The van der Waals surface area contributed by atoms with E-state index in [1.807, 2.05) is 13.8 Å². The zero-order valence-electron chi connectivity index (χ0n) is 9.39. The van der Waals surface area contributed by atoms with Gasteiger partial charge in [-0.1, -0.05) is 30.1 Å². The Bertz CT molecular complexity index is 380. The van der Waals surface area contributed by atoms with Crippen LogP contribution >= 0.6 is 23.2 Å². The van der Waals surface area contributed by atoms with Crippen LogP contribution in [0.1, 0.15) is 38.1 Å². The van der Waals surface area contributed by atoms with Crippen LogP contribution in [-0.4, -0.2) is 16.6 Å². The van der Waals surface area contributed by atoms with Gasteiger partial charge in [-0.3, -0.25) is 0 Å². The maximum atomic E-state index is 6.08. The van der Waals surface area contributed by atoms with Crippen molar-refractivity contribution in [3.63, 3.8) is 0 Å². The lowest BCUT2D eigenvalue weighted by molar-refractivity contribution is 0.00931. The molecule has 5 heteroatoms. The average Bonchev–Trinajstić information content (AvgIpc) is 2.66. The lowest BCUT2D eigenvalue weighted by Gasteiger charge is -2.22. The minimum absolute atomic E-state index is 0.431. The van der Waals surface area contributed by atoms with Crippen LogP contribution in [0.25, 0.3) is 0 Å². The van der Waals surface area contributed by atoms with Gasteiger partial charge < -0.3 is 4.74 Å². The van der Waals surface area contributed by atoms with Crippen LogP contribution in [0, 0.1) is 0 Å². The van der Waals surface area contributed by atoms with E-state index in [-0.39, 0.29) is 0 Å². The van der Waals surface area contributed by atoms with E-state index in [1.54, 1.807) is 0 Å². The summed E-state index contributed by atoms with van der Waals surface area (Å²) >= 11 is 12.2. The van der Waals surface area contributed by atoms with Gasteiger partial charge in [0.2, 0.25) is 0 Å². The maximum absolute atomic E-state index is 6.08. The summed E-state index contributed by atoms with van der Waals surface area (Å²) in [6, 6.07) is 0. The van der Waals surface area contributed by atoms with Crippen molar-refractivity contribution in [2.75, 3.05) is 6.61 Å². The van der Waals surface area contributed by atoms with Crippen molar-refractivity contribution in [3.8, 4) is 0 Å². The molecule has 1 aromatic heterocycles. The molecule has 0 amide bonds. The Morgan fingerprint density at radius 2 is 1.94 bits per heavy atom. The topological polar surface area (TPSA) is 35.0 Å². The Labute approximate surface area is 105 Å². The molecule has 0 aromatic carbocycles. The molecule has 3 nitrogen and oxygen atoms in total. The molecule has 0 bridgehead atoms. The van der Waals surface area contributed by atoms with Crippen LogP contribution in [0.3, 0.4) is 0 Å². The molecule has 16 heavy (non-hydrogen) atoms. The van der Waals surface area contributed by atoms with Gasteiger partial charge in [-0.05, 0) is 26.2 Å². The molecule has 1 atom stereocenters. The number of hydrogen-bond acceptors (Lipinski definition) is 3. The van der Waals surface area contributed by atoms with Crippen molar-refractivity contribution in [3.05, 3.63) is 21.7 Å². The Morgan fingerprint density at radius 1 is 1.31 bits per heavy atom. The number of aromatic nitrogens is 2. The summed E-state index contributed by atoms with van der Waals surface area (Å²) in [6.07, 6.45) is 2.66. The Kier molecular flexibility index (Phi) is 3.38. The monoisotopic (exact) mass is 260 g/mol. The van der Waals surface area contributed by atoms with Gasteiger partial charge in [0.15, 0.2) is 5.82 Å². The van der Waals surface area contributed by atoms with E-state index in [2.05, 4.69) is 9.97 Å². The highest BCUT2D eigenvalue weighted by Gasteiger charge is 2.35. The molecule has 88 valence electrons. The highest BCUT2D eigenvalue weighted by atomic mass is 35.5. The predicted octanol–water partition coefficient (Wildman–Crippen LogP) is 3.37. The van der Waals surface area contributed by atoms with Crippen LogP contribution in [0.15, 0.2) is 0 Å². The molecule has 1 fully saturated rings. The van der Waals surface area contributed by atoms with Crippen molar-refractivity contribution in [1.82, 2.24) is 9.97 Å². The van der Waals surface area contributed by atoms with Crippen molar-refractivity contribution < 1.29 is 4.74 Å². The largest absolute Gasteiger partial charge is 0.367 e. The molecule has 1 aliphatic heterocycles. The quantitative estimate of drug-likeness (QED) is 0.765. The first-order chi connectivity index (χ1) is 7.57. The fourth-order valence-electron chi connectivity index (χ4n) is 1.91. The van der Waals surface area contributed by atoms with Gasteiger partial charge in [-0.2, -0.15) is 0 Å². The molecule has 2 heterocycles. The fourth-order valence-corrected chi connectivity index (χ4v) is 2.57. The first-order valence-corrected chi connectivity index (χ1v) is 6.19. The highest BCUT2D eigenvalue weighted by Crippen LogP contribution is 2.35. The van der Waals surface area contributed by atoms with E-state index in [0.717, 1.165) is 31.4 Å². The smallest absolute Gasteiger partial charge is 0.163 e. The first kappa shape index (κ1) is 12.1. The van der Waals surface area contributed by atoms with Gasteiger partial charge in [0.25, 0.3) is 0 Å². The summed E-state index contributed by atoms with van der Waals surface area (Å²) in [5, 5.41) is 0.878. The van der Waals surface area contributed by atoms with Crippen LogP contribution in [0.4, 0.5) is 0 Å². The van der Waals surface area contributed by atoms with Crippen molar-refractivity contribution >= 4 is 23.2 Å². The van der Waals surface area contributed by atoms with Gasteiger partial charge in [0, 0.05) is 12.2 Å². The van der Waals surface area contributed by atoms with E-state index in [4.69, 9.17) is 27.9 Å². The number of rotatable bonds is 2. The van der Waals surface area contributed by atoms with Crippen LogP contribution in [-0.2, 0) is 16.8 Å². The van der Waals surface area contributed by atoms with Gasteiger partial charge >= 0.3 is 0 Å². The summed E-state index contributed by atoms with van der Waals surface area (Å²) < 4.78 is 5.67.